The summed E-state index contributed by atoms with van der Waals surface area (Å²) >= 11 is 12.3. The summed E-state index contributed by atoms with van der Waals surface area (Å²) in [5, 5.41) is 15.0. The van der Waals surface area contributed by atoms with Crippen LogP contribution in [-0.4, -0.2) is 85.8 Å². The van der Waals surface area contributed by atoms with Crippen LogP contribution in [0.2, 0.25) is 10.0 Å². The fourth-order valence-corrected chi connectivity index (χ4v) is 4.56. The van der Waals surface area contributed by atoms with Crippen LogP contribution in [0.3, 0.4) is 0 Å². The van der Waals surface area contributed by atoms with Gasteiger partial charge in [-0.25, -0.2) is 0 Å². The molecule has 1 heterocycles. The third-order valence-corrected chi connectivity index (χ3v) is 7.17. The third-order valence-electron chi connectivity index (χ3n) is 6.43. The van der Waals surface area contributed by atoms with Crippen LogP contribution >= 0.6 is 23.2 Å². The van der Waals surface area contributed by atoms with Crippen molar-refractivity contribution in [3.05, 3.63) is 57.6 Å². The summed E-state index contributed by atoms with van der Waals surface area (Å²) in [5.74, 6) is 0.653. The van der Waals surface area contributed by atoms with E-state index in [9.17, 15) is 14.7 Å². The summed E-state index contributed by atoms with van der Waals surface area (Å²) in [7, 11) is 3.03. The molecule has 0 saturated carbocycles. The van der Waals surface area contributed by atoms with Gasteiger partial charge in [-0.2, -0.15) is 0 Å². The Kier molecular flexibility index (Phi) is 10.2. The SMILES string of the molecule is COc1ccc(C(=O)N[C@@H](Cc2ccc(Cl)c(Cl)c2)C(O)CCN2CCN(C(C)=O)CC2)c(OC)c1. The second-order valence-corrected chi connectivity index (χ2v) is 9.62. The molecule has 1 fully saturated rings. The molecule has 2 aromatic rings. The number of piperazine rings is 1. The van der Waals surface area contributed by atoms with Crippen molar-refractivity contribution in [3.63, 3.8) is 0 Å². The number of hydrogen-bond donors (Lipinski definition) is 2. The van der Waals surface area contributed by atoms with Crippen LogP contribution in [0.4, 0.5) is 0 Å². The van der Waals surface area contributed by atoms with Gasteiger partial charge in [0, 0.05) is 45.7 Å². The first kappa shape index (κ1) is 28.1. The number of amides is 2. The zero-order chi connectivity index (χ0) is 26.2. The van der Waals surface area contributed by atoms with Crippen molar-refractivity contribution >= 4 is 35.0 Å². The lowest BCUT2D eigenvalue weighted by Gasteiger charge is -2.35. The first-order chi connectivity index (χ1) is 17.2. The maximum atomic E-state index is 13.2. The molecular formula is C26H33Cl2N3O5. The molecule has 1 saturated heterocycles. The molecule has 0 radical (unpaired) electrons. The van der Waals surface area contributed by atoms with Gasteiger partial charge in [0.05, 0.1) is 42.0 Å². The van der Waals surface area contributed by atoms with Gasteiger partial charge < -0.3 is 24.8 Å². The molecule has 3 rings (SSSR count). The van der Waals surface area contributed by atoms with Crippen molar-refractivity contribution in [2.24, 2.45) is 0 Å². The van der Waals surface area contributed by atoms with Crippen LogP contribution in [0.15, 0.2) is 36.4 Å². The summed E-state index contributed by atoms with van der Waals surface area (Å²) in [6, 6.07) is 9.64. The maximum Gasteiger partial charge on any atom is 0.255 e. The van der Waals surface area contributed by atoms with Crippen LogP contribution in [0.5, 0.6) is 11.5 Å². The Morgan fingerprint density at radius 2 is 1.75 bits per heavy atom. The fourth-order valence-electron chi connectivity index (χ4n) is 4.24. The van der Waals surface area contributed by atoms with E-state index in [0.717, 1.165) is 18.7 Å². The standard InChI is InChI=1S/C26H33Cl2N3O5/c1-17(32)31-12-10-30(11-13-31)9-8-24(33)23(15-18-4-7-21(27)22(28)14-18)29-26(34)20-6-5-19(35-2)16-25(20)36-3/h4-7,14,16,23-24,33H,8-13,15H2,1-3H3,(H,29,34)/t23-,24?/m0/s1. The normalized spacial score (nSPS) is 15.8. The molecule has 0 spiro atoms. The van der Waals surface area contributed by atoms with E-state index in [4.69, 9.17) is 32.7 Å². The molecule has 0 bridgehead atoms. The molecule has 1 aliphatic rings. The summed E-state index contributed by atoms with van der Waals surface area (Å²) in [5.41, 5.74) is 1.18. The largest absolute Gasteiger partial charge is 0.497 e. The Morgan fingerprint density at radius 3 is 2.36 bits per heavy atom. The Hall–Kier alpha value is -2.52. The van der Waals surface area contributed by atoms with Crippen LogP contribution in [0, 0.1) is 0 Å². The van der Waals surface area contributed by atoms with Gasteiger partial charge in [-0.05, 0) is 42.7 Å². The summed E-state index contributed by atoms with van der Waals surface area (Å²) < 4.78 is 10.6. The van der Waals surface area contributed by atoms with E-state index >= 15 is 0 Å². The highest BCUT2D eigenvalue weighted by molar-refractivity contribution is 6.42. The smallest absolute Gasteiger partial charge is 0.255 e. The molecule has 1 unspecified atom stereocenters. The van der Waals surface area contributed by atoms with Gasteiger partial charge in [-0.15, -0.1) is 0 Å². The second-order valence-electron chi connectivity index (χ2n) is 8.80. The molecular weight excluding hydrogens is 505 g/mol. The minimum absolute atomic E-state index is 0.0769. The molecule has 0 aromatic heterocycles. The molecule has 10 heteroatoms. The first-order valence-corrected chi connectivity index (χ1v) is 12.6. The molecule has 8 nitrogen and oxygen atoms in total. The fraction of sp³-hybridized carbons (Fsp3) is 0.462. The Morgan fingerprint density at radius 1 is 1.03 bits per heavy atom. The number of aliphatic hydroxyl groups is 1. The molecule has 2 atom stereocenters. The van der Waals surface area contributed by atoms with Crippen LogP contribution in [-0.2, 0) is 11.2 Å². The Bertz CT molecular complexity index is 1060. The number of benzene rings is 2. The lowest BCUT2D eigenvalue weighted by Crippen LogP contribution is -2.50. The lowest BCUT2D eigenvalue weighted by atomic mass is 9.98. The van der Waals surface area contributed by atoms with Gasteiger partial charge >= 0.3 is 0 Å². The molecule has 1 aliphatic heterocycles. The second kappa shape index (κ2) is 13.1. The van der Waals surface area contributed by atoms with Gasteiger partial charge in [0.1, 0.15) is 11.5 Å². The average Bonchev–Trinajstić information content (AvgIpc) is 2.88. The monoisotopic (exact) mass is 537 g/mol. The van der Waals surface area contributed by atoms with Crippen molar-refractivity contribution in [3.8, 4) is 11.5 Å². The van der Waals surface area contributed by atoms with Gasteiger partial charge in [0.2, 0.25) is 5.91 Å². The highest BCUT2D eigenvalue weighted by atomic mass is 35.5. The van der Waals surface area contributed by atoms with E-state index in [2.05, 4.69) is 10.2 Å². The van der Waals surface area contributed by atoms with Gasteiger partial charge in [-0.3, -0.25) is 14.5 Å². The highest BCUT2D eigenvalue weighted by Gasteiger charge is 2.26. The minimum atomic E-state index is -0.821. The van der Waals surface area contributed by atoms with E-state index < -0.39 is 12.1 Å². The number of ether oxygens (including phenoxy) is 2. The van der Waals surface area contributed by atoms with Crippen LogP contribution < -0.4 is 14.8 Å². The van der Waals surface area contributed by atoms with Crippen molar-refractivity contribution in [1.29, 1.82) is 0 Å². The zero-order valence-electron chi connectivity index (χ0n) is 20.8. The van der Waals surface area contributed by atoms with E-state index in [0.29, 0.717) is 59.6 Å². The predicted molar refractivity (Wildman–Crippen MR) is 140 cm³/mol. The number of nitrogens with one attached hydrogen (secondary N) is 1. The molecule has 196 valence electrons. The molecule has 2 aromatic carbocycles. The molecule has 2 N–H and O–H groups in total. The van der Waals surface area contributed by atoms with Crippen molar-refractivity contribution < 1.29 is 24.2 Å². The number of halogens is 2. The predicted octanol–water partition coefficient (Wildman–Crippen LogP) is 3.27. The quantitative estimate of drug-likeness (QED) is 0.483. The molecule has 0 aliphatic carbocycles. The van der Waals surface area contributed by atoms with Crippen molar-refractivity contribution in [2.45, 2.75) is 31.9 Å². The zero-order valence-corrected chi connectivity index (χ0v) is 22.3. The number of hydrogen-bond acceptors (Lipinski definition) is 6. The van der Waals surface area contributed by atoms with E-state index in [1.165, 1.54) is 14.2 Å². The number of rotatable bonds is 10. The van der Waals surface area contributed by atoms with Gasteiger partial charge in [0.25, 0.3) is 5.91 Å². The molecule has 2 amide bonds. The van der Waals surface area contributed by atoms with E-state index in [1.54, 1.807) is 37.3 Å². The number of nitrogens with zero attached hydrogens (tertiary/aromatic N) is 2. The Labute approximate surface area is 222 Å². The topological polar surface area (TPSA) is 91.3 Å². The first-order valence-electron chi connectivity index (χ1n) is 11.8. The summed E-state index contributed by atoms with van der Waals surface area (Å²) in [6.07, 6.45) is -0.00888. The van der Waals surface area contributed by atoms with Crippen LogP contribution in [0.1, 0.15) is 29.3 Å². The van der Waals surface area contributed by atoms with Crippen LogP contribution in [0.25, 0.3) is 0 Å². The lowest BCUT2D eigenvalue weighted by molar-refractivity contribution is -0.130. The van der Waals surface area contributed by atoms with Crippen molar-refractivity contribution in [1.82, 2.24) is 15.1 Å². The highest BCUT2D eigenvalue weighted by Crippen LogP contribution is 2.26. The average molecular weight is 538 g/mol. The third kappa shape index (κ3) is 7.49. The minimum Gasteiger partial charge on any atom is -0.497 e. The summed E-state index contributed by atoms with van der Waals surface area (Å²) in [6.45, 7) is 5.07. The van der Waals surface area contributed by atoms with E-state index in [-0.39, 0.29) is 11.8 Å². The van der Waals surface area contributed by atoms with Gasteiger partial charge in [-0.1, -0.05) is 29.3 Å². The van der Waals surface area contributed by atoms with E-state index in [1.807, 2.05) is 11.0 Å². The molecule has 36 heavy (non-hydrogen) atoms. The summed E-state index contributed by atoms with van der Waals surface area (Å²) in [4.78, 5) is 28.8. The number of aliphatic hydroxyl groups excluding tert-OH is 1. The number of carbonyl (C=O) groups is 2. The number of carbonyl (C=O) groups excluding carboxylic acids is 2. The number of methoxy groups -OCH3 is 2. The van der Waals surface area contributed by atoms with Crippen molar-refractivity contribution in [2.75, 3.05) is 46.9 Å². The Balaban J connectivity index is 1.72. The van der Waals surface area contributed by atoms with Gasteiger partial charge in [0.15, 0.2) is 0 Å². The maximum absolute atomic E-state index is 13.2.